The van der Waals surface area contributed by atoms with Crippen molar-refractivity contribution in [3.05, 3.63) is 23.1 Å². The van der Waals surface area contributed by atoms with Gasteiger partial charge in [-0.2, -0.15) is 11.2 Å². The molecule has 0 aliphatic rings. The molecule has 0 saturated carbocycles. The number of thioether (sulfide) groups is 1. The quantitative estimate of drug-likeness (QED) is 0.317. The van der Waals surface area contributed by atoms with E-state index >= 15 is 0 Å². The first-order valence-electron chi connectivity index (χ1n) is 3.40. The van der Waals surface area contributed by atoms with Gasteiger partial charge in [-0.15, -0.1) is 18.3 Å². The van der Waals surface area contributed by atoms with Crippen LogP contribution in [0.1, 0.15) is 6.42 Å². The highest BCUT2D eigenvalue weighted by Gasteiger charge is 2.14. The number of nitrogens with zero attached hydrogens (tertiary/aromatic N) is 1. The Morgan fingerprint density at radius 2 is 2.46 bits per heavy atom. The molecule has 0 fully saturated rings. The zero-order valence-electron chi connectivity index (χ0n) is 7.24. The van der Waals surface area contributed by atoms with Crippen LogP contribution in [0.2, 0.25) is 0 Å². The van der Waals surface area contributed by atoms with Gasteiger partial charge in [0.25, 0.3) is 0 Å². The molecular weight excluding hydrogens is 188 g/mol. The highest BCUT2D eigenvalue weighted by molar-refractivity contribution is 8.02. The second kappa shape index (κ2) is 6.29. The molecule has 0 heterocycles. The third-order valence-corrected chi connectivity index (χ3v) is 2.14. The van der Waals surface area contributed by atoms with Crippen LogP contribution in [-0.4, -0.2) is 12.2 Å². The van der Waals surface area contributed by atoms with Gasteiger partial charge in [-0.1, -0.05) is 6.08 Å². The summed E-state index contributed by atoms with van der Waals surface area (Å²) in [4.78, 5) is 15.5. The number of hydrogen-bond acceptors (Lipinski definition) is 5. The first-order chi connectivity index (χ1) is 6.21. The molecule has 0 aliphatic heterocycles. The molecule has 0 radical (unpaired) electrons. The number of carbonyl (C=O) groups excluding carboxylic acids is 1. The van der Waals surface area contributed by atoms with Crippen LogP contribution in [0.15, 0.2) is 23.1 Å². The molecule has 0 bridgehead atoms. The lowest BCUT2D eigenvalue weighted by Gasteiger charge is -2.02. The van der Waals surface area contributed by atoms with Crippen LogP contribution in [0, 0.1) is 11.3 Å². The normalized spacial score (nSPS) is 11.2. The Morgan fingerprint density at radius 1 is 1.85 bits per heavy atom. The van der Waals surface area contributed by atoms with Gasteiger partial charge in [-0.3, -0.25) is 0 Å². The van der Waals surface area contributed by atoms with E-state index in [0.29, 0.717) is 11.3 Å². The predicted octanol–water partition coefficient (Wildman–Crippen LogP) is 1.12. The van der Waals surface area contributed by atoms with Crippen LogP contribution < -0.4 is 5.90 Å². The number of carbonyl (C=O) groups is 1. The maximum absolute atomic E-state index is 10.9. The van der Waals surface area contributed by atoms with E-state index in [4.69, 9.17) is 5.26 Å². The summed E-state index contributed by atoms with van der Waals surface area (Å²) in [6.07, 6.45) is 3.83. The monoisotopic (exact) mass is 198 g/mol. The molecule has 13 heavy (non-hydrogen) atoms. The number of allylic oxidation sites excluding steroid dienone is 2. The second-order valence-corrected chi connectivity index (χ2v) is 2.91. The van der Waals surface area contributed by atoms with Gasteiger partial charge in [0.1, 0.15) is 11.6 Å². The maximum Gasteiger partial charge on any atom is 0.368 e. The molecule has 70 valence electrons. The number of nitrogens with two attached hydrogens (primary N) is 1. The average Bonchev–Trinajstić information content (AvgIpc) is 2.17. The van der Waals surface area contributed by atoms with Crippen LogP contribution in [0.25, 0.3) is 0 Å². The number of hydrogen-bond donors (Lipinski definition) is 1. The van der Waals surface area contributed by atoms with Crippen LogP contribution in [-0.2, 0) is 9.63 Å². The average molecular weight is 198 g/mol. The van der Waals surface area contributed by atoms with Crippen molar-refractivity contribution < 1.29 is 9.63 Å². The molecule has 0 unspecified atom stereocenters. The van der Waals surface area contributed by atoms with Crippen molar-refractivity contribution in [2.75, 3.05) is 6.26 Å². The minimum atomic E-state index is -0.811. The molecule has 5 heteroatoms. The van der Waals surface area contributed by atoms with Crippen molar-refractivity contribution in [1.29, 1.82) is 5.26 Å². The minimum absolute atomic E-state index is 0.0603. The van der Waals surface area contributed by atoms with Crippen molar-refractivity contribution in [2.45, 2.75) is 6.42 Å². The molecule has 0 saturated heterocycles. The summed E-state index contributed by atoms with van der Waals surface area (Å²) in [7, 11) is 0. The highest BCUT2D eigenvalue weighted by Crippen LogP contribution is 2.21. The standard InChI is InChI=1S/C8H10N2O2S/c1-3-4-7(13-2)6(5-9)8(11)12-10/h3H,1,4,10H2,2H3. The summed E-state index contributed by atoms with van der Waals surface area (Å²) in [5, 5.41) is 8.64. The number of nitriles is 1. The molecule has 0 spiro atoms. The Labute approximate surface area is 81.0 Å². The lowest BCUT2D eigenvalue weighted by Crippen LogP contribution is -2.12. The molecule has 0 amide bonds. The SMILES string of the molecule is C=CCC(SC)=C(C#N)C(=O)ON. The van der Waals surface area contributed by atoms with Gasteiger partial charge >= 0.3 is 5.97 Å². The summed E-state index contributed by atoms with van der Waals surface area (Å²) in [5.41, 5.74) is -0.0603. The van der Waals surface area contributed by atoms with Gasteiger partial charge < -0.3 is 4.84 Å². The number of rotatable bonds is 4. The summed E-state index contributed by atoms with van der Waals surface area (Å²) < 4.78 is 0. The molecule has 4 nitrogen and oxygen atoms in total. The fourth-order valence-electron chi connectivity index (χ4n) is 0.699. The zero-order chi connectivity index (χ0) is 10.3. The summed E-state index contributed by atoms with van der Waals surface area (Å²) in [5.74, 6) is 3.86. The van der Waals surface area contributed by atoms with Gasteiger partial charge in [0.05, 0.1) is 0 Å². The van der Waals surface area contributed by atoms with Gasteiger partial charge in [0.2, 0.25) is 0 Å². The first kappa shape index (κ1) is 11.8. The van der Waals surface area contributed by atoms with Crippen LogP contribution in [0.5, 0.6) is 0 Å². The van der Waals surface area contributed by atoms with E-state index in [0.717, 1.165) is 0 Å². The fraction of sp³-hybridized carbons (Fsp3) is 0.250. The molecule has 2 N–H and O–H groups in total. The van der Waals surface area contributed by atoms with E-state index in [1.165, 1.54) is 11.8 Å². The Bertz CT molecular complexity index is 278. The fourth-order valence-corrected chi connectivity index (χ4v) is 1.32. The molecule has 0 aromatic rings. The van der Waals surface area contributed by atoms with E-state index in [1.54, 1.807) is 18.4 Å². The molecule has 0 aliphatic carbocycles. The third kappa shape index (κ3) is 3.32. The van der Waals surface area contributed by atoms with Crippen LogP contribution >= 0.6 is 11.8 Å². The van der Waals surface area contributed by atoms with Crippen molar-refractivity contribution in [1.82, 2.24) is 0 Å². The largest absolute Gasteiger partial charge is 0.369 e. The smallest absolute Gasteiger partial charge is 0.368 e. The Balaban J connectivity index is 4.95. The molecule has 0 aromatic heterocycles. The summed E-state index contributed by atoms with van der Waals surface area (Å²) >= 11 is 1.30. The van der Waals surface area contributed by atoms with Crippen molar-refractivity contribution >= 4 is 17.7 Å². The van der Waals surface area contributed by atoms with Gasteiger partial charge in [0, 0.05) is 4.91 Å². The van der Waals surface area contributed by atoms with E-state index < -0.39 is 5.97 Å². The van der Waals surface area contributed by atoms with E-state index in [1.807, 2.05) is 0 Å². The van der Waals surface area contributed by atoms with Crippen molar-refractivity contribution in [3.8, 4) is 6.07 Å². The molecule has 0 rings (SSSR count). The molecule has 0 atom stereocenters. The molecular formula is C8H10N2O2S. The topological polar surface area (TPSA) is 76.1 Å². The van der Waals surface area contributed by atoms with Gasteiger partial charge in [0.15, 0.2) is 0 Å². The van der Waals surface area contributed by atoms with Crippen LogP contribution in [0.4, 0.5) is 0 Å². The van der Waals surface area contributed by atoms with Crippen molar-refractivity contribution in [2.24, 2.45) is 5.90 Å². The third-order valence-electron chi connectivity index (χ3n) is 1.28. The van der Waals surface area contributed by atoms with E-state index in [2.05, 4.69) is 17.3 Å². The maximum atomic E-state index is 10.9. The first-order valence-corrected chi connectivity index (χ1v) is 4.62. The predicted molar refractivity (Wildman–Crippen MR) is 51.2 cm³/mol. The lowest BCUT2D eigenvalue weighted by atomic mass is 10.2. The van der Waals surface area contributed by atoms with E-state index in [9.17, 15) is 4.79 Å². The van der Waals surface area contributed by atoms with Gasteiger partial charge in [-0.05, 0) is 12.7 Å². The Hall–Kier alpha value is -1.25. The Kier molecular flexibility index (Phi) is 5.68. The Morgan fingerprint density at radius 3 is 2.77 bits per heavy atom. The summed E-state index contributed by atoms with van der Waals surface area (Å²) in [6.45, 7) is 3.51. The highest BCUT2D eigenvalue weighted by atomic mass is 32.2. The van der Waals surface area contributed by atoms with Crippen LogP contribution in [0.3, 0.4) is 0 Å². The van der Waals surface area contributed by atoms with Gasteiger partial charge in [-0.25, -0.2) is 4.79 Å². The molecule has 0 aromatic carbocycles. The zero-order valence-corrected chi connectivity index (χ0v) is 8.06. The second-order valence-electron chi connectivity index (χ2n) is 2.01. The lowest BCUT2D eigenvalue weighted by molar-refractivity contribution is -0.139. The minimum Gasteiger partial charge on any atom is -0.369 e. The van der Waals surface area contributed by atoms with Crippen molar-refractivity contribution in [3.63, 3.8) is 0 Å². The van der Waals surface area contributed by atoms with E-state index in [-0.39, 0.29) is 5.57 Å². The summed E-state index contributed by atoms with van der Waals surface area (Å²) in [6, 6.07) is 1.75.